The van der Waals surface area contributed by atoms with E-state index < -0.39 is 5.82 Å². The molecule has 0 saturated heterocycles. The Labute approximate surface area is 105 Å². The van der Waals surface area contributed by atoms with E-state index in [9.17, 15) is 9.18 Å². The van der Waals surface area contributed by atoms with Crippen LogP contribution in [0, 0.1) is 34.9 Å². The van der Waals surface area contributed by atoms with Crippen molar-refractivity contribution in [3.8, 4) is 6.07 Å². The highest BCUT2D eigenvalue weighted by Crippen LogP contribution is 2.54. The summed E-state index contributed by atoms with van der Waals surface area (Å²) in [5.74, 6) is 1.04. The summed E-state index contributed by atoms with van der Waals surface area (Å²) in [4.78, 5) is 12.0. The van der Waals surface area contributed by atoms with Gasteiger partial charge in [-0.1, -0.05) is 0 Å². The minimum Gasteiger partial charge on any atom is -0.325 e. The van der Waals surface area contributed by atoms with Crippen LogP contribution >= 0.6 is 0 Å². The average Bonchev–Trinajstić information content (AvgIpc) is 2.98. The second kappa shape index (κ2) is 4.09. The molecule has 2 unspecified atom stereocenters. The van der Waals surface area contributed by atoms with Gasteiger partial charge in [0.2, 0.25) is 5.91 Å². The molecular weight excluding hydrogens is 231 g/mol. The monoisotopic (exact) mass is 244 g/mol. The van der Waals surface area contributed by atoms with Crippen LogP contribution in [-0.2, 0) is 4.79 Å². The van der Waals surface area contributed by atoms with Crippen molar-refractivity contribution in [2.45, 2.75) is 19.3 Å². The maximum absolute atomic E-state index is 13.0. The van der Waals surface area contributed by atoms with Crippen LogP contribution in [0.1, 0.15) is 24.8 Å². The number of carbonyl (C=O) groups is 1. The fraction of sp³-hybridized carbons (Fsp3) is 0.429. The SMILES string of the molecule is N#Cc1cc(F)ccc1NC(=O)C1CC2CC2C1. The lowest BCUT2D eigenvalue weighted by atomic mass is 10.0. The molecule has 2 fully saturated rings. The lowest BCUT2D eigenvalue weighted by Crippen LogP contribution is -2.22. The van der Waals surface area contributed by atoms with Crippen LogP contribution in [0.2, 0.25) is 0 Å². The van der Waals surface area contributed by atoms with Crippen molar-refractivity contribution in [1.82, 2.24) is 0 Å². The molecule has 0 heterocycles. The van der Waals surface area contributed by atoms with Crippen molar-refractivity contribution in [1.29, 1.82) is 5.26 Å². The molecule has 0 radical (unpaired) electrons. The van der Waals surface area contributed by atoms with Crippen LogP contribution in [-0.4, -0.2) is 5.91 Å². The Balaban J connectivity index is 1.72. The van der Waals surface area contributed by atoms with Crippen molar-refractivity contribution in [3.05, 3.63) is 29.6 Å². The second-order valence-corrected chi connectivity index (χ2v) is 5.22. The van der Waals surface area contributed by atoms with E-state index in [-0.39, 0.29) is 17.4 Å². The zero-order valence-electron chi connectivity index (χ0n) is 9.82. The first-order valence-corrected chi connectivity index (χ1v) is 6.18. The maximum Gasteiger partial charge on any atom is 0.227 e. The smallest absolute Gasteiger partial charge is 0.227 e. The number of hydrogen-bond acceptors (Lipinski definition) is 2. The molecule has 2 aliphatic carbocycles. The third-order valence-corrected chi connectivity index (χ3v) is 3.97. The summed E-state index contributed by atoms with van der Waals surface area (Å²) in [5, 5.41) is 11.6. The average molecular weight is 244 g/mol. The summed E-state index contributed by atoms with van der Waals surface area (Å²) in [6, 6.07) is 5.73. The number of fused-ring (bicyclic) bond motifs is 1. The molecule has 3 nitrogen and oxygen atoms in total. The first kappa shape index (κ1) is 11.2. The summed E-state index contributed by atoms with van der Waals surface area (Å²) in [6.45, 7) is 0. The van der Waals surface area contributed by atoms with Crippen LogP contribution in [0.15, 0.2) is 18.2 Å². The number of nitrogens with zero attached hydrogens (tertiary/aromatic N) is 1. The van der Waals surface area contributed by atoms with Gasteiger partial charge in [-0.3, -0.25) is 4.79 Å². The number of halogens is 1. The van der Waals surface area contributed by atoms with Crippen LogP contribution in [0.3, 0.4) is 0 Å². The Morgan fingerprint density at radius 1 is 1.33 bits per heavy atom. The van der Waals surface area contributed by atoms with Crippen molar-refractivity contribution in [3.63, 3.8) is 0 Å². The van der Waals surface area contributed by atoms with E-state index >= 15 is 0 Å². The van der Waals surface area contributed by atoms with Gasteiger partial charge in [-0.05, 0) is 49.3 Å². The Morgan fingerprint density at radius 3 is 2.72 bits per heavy atom. The predicted octanol–water partition coefficient (Wildman–Crippen LogP) is 2.68. The molecule has 4 heteroatoms. The van der Waals surface area contributed by atoms with E-state index in [0.29, 0.717) is 5.69 Å². The summed E-state index contributed by atoms with van der Waals surface area (Å²) >= 11 is 0. The van der Waals surface area contributed by atoms with E-state index in [1.807, 2.05) is 6.07 Å². The van der Waals surface area contributed by atoms with Gasteiger partial charge in [0.1, 0.15) is 11.9 Å². The molecule has 1 aromatic rings. The third-order valence-electron chi connectivity index (χ3n) is 3.97. The highest BCUT2D eigenvalue weighted by molar-refractivity contribution is 5.94. The van der Waals surface area contributed by atoms with Gasteiger partial charge in [-0.2, -0.15) is 5.26 Å². The highest BCUT2D eigenvalue weighted by atomic mass is 19.1. The fourth-order valence-corrected chi connectivity index (χ4v) is 2.88. The van der Waals surface area contributed by atoms with E-state index in [2.05, 4.69) is 5.32 Å². The molecule has 18 heavy (non-hydrogen) atoms. The summed E-state index contributed by atoms with van der Waals surface area (Å²) in [5.41, 5.74) is 0.580. The van der Waals surface area contributed by atoms with E-state index in [1.165, 1.54) is 18.6 Å². The molecule has 0 aliphatic heterocycles. The summed E-state index contributed by atoms with van der Waals surface area (Å²) in [6.07, 6.45) is 3.18. The van der Waals surface area contributed by atoms with Gasteiger partial charge in [0, 0.05) is 5.92 Å². The molecule has 0 aromatic heterocycles. The molecule has 3 rings (SSSR count). The molecule has 1 amide bonds. The predicted molar refractivity (Wildman–Crippen MR) is 64.1 cm³/mol. The molecule has 2 saturated carbocycles. The number of nitrogens with one attached hydrogen (secondary N) is 1. The lowest BCUT2D eigenvalue weighted by molar-refractivity contribution is -0.120. The Morgan fingerprint density at radius 2 is 2.06 bits per heavy atom. The number of rotatable bonds is 2. The van der Waals surface area contributed by atoms with Gasteiger partial charge in [-0.25, -0.2) is 4.39 Å². The number of benzene rings is 1. The Bertz CT molecular complexity index is 539. The quantitative estimate of drug-likeness (QED) is 0.869. The molecule has 1 aromatic carbocycles. The van der Waals surface area contributed by atoms with Crippen molar-refractivity contribution < 1.29 is 9.18 Å². The minimum absolute atomic E-state index is 0.0368. The number of amides is 1. The van der Waals surface area contributed by atoms with Crippen molar-refractivity contribution in [2.24, 2.45) is 17.8 Å². The zero-order valence-corrected chi connectivity index (χ0v) is 9.82. The number of nitriles is 1. The molecule has 2 atom stereocenters. The largest absolute Gasteiger partial charge is 0.325 e. The van der Waals surface area contributed by atoms with Crippen LogP contribution in [0.4, 0.5) is 10.1 Å². The number of hydrogen-bond donors (Lipinski definition) is 1. The summed E-state index contributed by atoms with van der Waals surface area (Å²) < 4.78 is 13.0. The highest BCUT2D eigenvalue weighted by Gasteiger charge is 2.48. The Hall–Kier alpha value is -1.89. The normalized spacial score (nSPS) is 28.3. The van der Waals surface area contributed by atoms with Crippen LogP contribution < -0.4 is 5.32 Å². The first-order valence-electron chi connectivity index (χ1n) is 6.18. The molecular formula is C14H13FN2O. The fourth-order valence-electron chi connectivity index (χ4n) is 2.88. The van der Waals surface area contributed by atoms with Gasteiger partial charge >= 0.3 is 0 Å². The van der Waals surface area contributed by atoms with Gasteiger partial charge in [0.15, 0.2) is 0 Å². The molecule has 92 valence electrons. The maximum atomic E-state index is 13.0. The van der Waals surface area contributed by atoms with E-state index in [1.54, 1.807) is 0 Å². The number of carbonyl (C=O) groups excluding carboxylic acids is 1. The first-order chi connectivity index (χ1) is 8.67. The third kappa shape index (κ3) is 1.97. The molecule has 0 spiro atoms. The van der Waals surface area contributed by atoms with Gasteiger partial charge < -0.3 is 5.32 Å². The Kier molecular flexibility index (Phi) is 2.55. The standard InChI is InChI=1S/C14H13FN2O/c15-12-1-2-13(11(6-12)7-16)17-14(18)10-4-8-3-9(8)5-10/h1-2,6,8-10H,3-5H2,(H,17,18). The molecule has 2 aliphatic rings. The minimum atomic E-state index is -0.466. The zero-order chi connectivity index (χ0) is 12.7. The van der Waals surface area contributed by atoms with Crippen molar-refractivity contribution in [2.75, 3.05) is 5.32 Å². The summed E-state index contributed by atoms with van der Waals surface area (Å²) in [7, 11) is 0. The van der Waals surface area contributed by atoms with Gasteiger partial charge in [-0.15, -0.1) is 0 Å². The van der Waals surface area contributed by atoms with Crippen LogP contribution in [0.5, 0.6) is 0 Å². The van der Waals surface area contributed by atoms with E-state index in [4.69, 9.17) is 5.26 Å². The van der Waals surface area contributed by atoms with Crippen LogP contribution in [0.25, 0.3) is 0 Å². The second-order valence-electron chi connectivity index (χ2n) is 5.22. The number of anilines is 1. The lowest BCUT2D eigenvalue weighted by Gasteiger charge is -2.13. The topological polar surface area (TPSA) is 52.9 Å². The van der Waals surface area contributed by atoms with Gasteiger partial charge in [0.05, 0.1) is 11.3 Å². The van der Waals surface area contributed by atoms with E-state index in [0.717, 1.165) is 30.7 Å². The molecule has 1 N–H and O–H groups in total. The van der Waals surface area contributed by atoms with Crippen molar-refractivity contribution >= 4 is 11.6 Å². The van der Waals surface area contributed by atoms with Gasteiger partial charge in [0.25, 0.3) is 0 Å². The molecule has 0 bridgehead atoms.